The van der Waals surface area contributed by atoms with Crippen LogP contribution < -0.4 is 0 Å². The van der Waals surface area contributed by atoms with Gasteiger partial charge in [-0.15, -0.1) is 0 Å². The maximum atomic E-state index is 2.34. The van der Waals surface area contributed by atoms with Crippen molar-refractivity contribution in [2.45, 2.75) is 823 Å². The molecule has 828 valence electrons. The third-order valence-corrected chi connectivity index (χ3v) is 28.2. The maximum Gasteiger partial charge on any atom is -0.0471 e. The molecule has 0 amide bonds. The zero-order valence-corrected chi connectivity index (χ0v) is 102. The van der Waals surface area contributed by atoms with E-state index in [0.29, 0.717) is 0 Å². The maximum absolute atomic E-state index is 2.34. The van der Waals surface area contributed by atoms with Gasteiger partial charge in [-0.1, -0.05) is 823 Å². The fourth-order valence-electron chi connectivity index (χ4n) is 18.4. The Morgan fingerprint density at radius 3 is 0.156 bits per heavy atom. The molecule has 0 saturated heterocycles. The van der Waals surface area contributed by atoms with Crippen molar-refractivity contribution < 1.29 is 0 Å². The minimum Gasteiger partial charge on any atom is -0.0654 e. The second kappa shape index (κ2) is 149. The Hall–Kier alpha value is 0. The second-order valence-electron chi connectivity index (χ2n) is 48.3. The van der Waals surface area contributed by atoms with Crippen LogP contribution in [0.15, 0.2) is 0 Å². The summed E-state index contributed by atoms with van der Waals surface area (Å²) in [7, 11) is 0. The predicted octanol–water partition coefficient (Wildman–Crippen LogP) is 53.6. The van der Waals surface area contributed by atoms with Crippen LogP contribution in [0.5, 0.6) is 0 Å². The Balaban J connectivity index is -0.000000190. The summed E-state index contributed by atoms with van der Waals surface area (Å²) in [6.45, 7) is 62.4. The van der Waals surface area contributed by atoms with Gasteiger partial charge in [0, 0.05) is 0 Å². The molecule has 0 nitrogen and oxygen atoms in total. The summed E-state index contributed by atoms with van der Waals surface area (Å²) in [6, 6.07) is 0. The lowest BCUT2D eigenvalue weighted by molar-refractivity contribution is 0.502. The van der Waals surface area contributed by atoms with Gasteiger partial charge in [0.1, 0.15) is 0 Å². The average Bonchev–Trinajstić information content (AvgIpc) is 1.14. The van der Waals surface area contributed by atoms with Crippen LogP contribution in [0.1, 0.15) is 823 Å². The molecule has 0 spiro atoms. The van der Waals surface area contributed by atoms with Crippen LogP contribution in [0.25, 0.3) is 0 Å². The van der Waals surface area contributed by atoms with E-state index in [9.17, 15) is 0 Å². The van der Waals surface area contributed by atoms with Gasteiger partial charge in [-0.2, -0.15) is 0 Å². The van der Waals surface area contributed by atoms with E-state index in [2.05, 4.69) is 187 Å². The number of rotatable bonds is 99. The van der Waals surface area contributed by atoms with Crippen LogP contribution in [0.4, 0.5) is 0 Å². The SMILES string of the molecule is CCCCCCCCC(C)C.CCCCCCCCCC(C)C.CCCCCCCCCCC(C)C.CCCCCCCCCCCC(C)C.CCCCCCCCCCCCC(C)C.CCCCCCCCCCCCCC(C)C.CCCCCCCCCCCCCCC(C)C.CCCCCCCCCCCCCCCC(C)C.CCCCCCCCCCCCCCCCC(C)C. The molecule has 0 rings (SSSR count). The topological polar surface area (TPSA) is 0 Å². The second-order valence-corrected chi connectivity index (χ2v) is 48.3. The van der Waals surface area contributed by atoms with E-state index in [1.54, 1.807) is 0 Å². The number of hydrogen-bond acceptors (Lipinski definition) is 0. The Morgan fingerprint density at radius 1 is 0.0667 bits per heavy atom. The summed E-state index contributed by atoms with van der Waals surface area (Å²) < 4.78 is 0. The van der Waals surface area contributed by atoms with Crippen LogP contribution in [0.2, 0.25) is 0 Å². The monoisotopic (exact) mass is 1910 g/mol. The molecule has 0 radical (unpaired) electrons. The van der Waals surface area contributed by atoms with Gasteiger partial charge in [0.2, 0.25) is 0 Å². The highest BCUT2D eigenvalue weighted by molar-refractivity contribution is 4.60. The van der Waals surface area contributed by atoms with Crippen LogP contribution in [0, 0.1) is 53.3 Å². The highest BCUT2D eigenvalue weighted by Gasteiger charge is 2.05. The van der Waals surface area contributed by atoms with Crippen LogP contribution >= 0.6 is 0 Å². The van der Waals surface area contributed by atoms with Gasteiger partial charge in [-0.25, -0.2) is 0 Å². The molecule has 0 aliphatic carbocycles. The van der Waals surface area contributed by atoms with Gasteiger partial charge in [0.25, 0.3) is 0 Å². The predicted molar refractivity (Wildman–Crippen MR) is 642 cm³/mol. The van der Waals surface area contributed by atoms with Crippen molar-refractivity contribution in [3.05, 3.63) is 0 Å². The molecule has 0 bridgehead atoms. The van der Waals surface area contributed by atoms with E-state index in [-0.39, 0.29) is 0 Å². The first-order valence-corrected chi connectivity index (χ1v) is 65.4. The van der Waals surface area contributed by atoms with Crippen molar-refractivity contribution in [1.82, 2.24) is 0 Å². The van der Waals surface area contributed by atoms with Gasteiger partial charge in [0.15, 0.2) is 0 Å². The molecule has 0 heteroatoms. The van der Waals surface area contributed by atoms with E-state index < -0.39 is 0 Å². The quantitative estimate of drug-likeness (QED) is 0.0533. The summed E-state index contributed by atoms with van der Waals surface area (Å²) in [4.78, 5) is 0. The first kappa shape index (κ1) is 153. The molecule has 0 N–H and O–H groups in total. The molecule has 0 aromatic carbocycles. The number of hydrogen-bond donors (Lipinski definition) is 0. The molecule has 0 aliphatic heterocycles. The van der Waals surface area contributed by atoms with E-state index in [0.717, 1.165) is 53.3 Å². The zero-order valence-electron chi connectivity index (χ0n) is 102. The van der Waals surface area contributed by atoms with Crippen molar-refractivity contribution >= 4 is 0 Å². The number of unbranched alkanes of at least 4 members (excludes halogenated alkanes) is 81. The van der Waals surface area contributed by atoms with E-state index in [4.69, 9.17) is 0 Å². The molecule has 0 aromatic rings. The van der Waals surface area contributed by atoms with Crippen LogP contribution in [0.3, 0.4) is 0 Å². The molecule has 0 aliphatic rings. The van der Waals surface area contributed by atoms with E-state index in [1.165, 1.54) is 636 Å². The highest BCUT2D eigenvalue weighted by Crippen LogP contribution is 2.24. The fraction of sp³-hybridized carbons (Fsp3) is 1.00. The van der Waals surface area contributed by atoms with Gasteiger partial charge < -0.3 is 0 Å². The summed E-state index contributed by atoms with van der Waals surface area (Å²) in [5, 5.41) is 0. The molecule has 0 heterocycles. The van der Waals surface area contributed by atoms with Gasteiger partial charge >= 0.3 is 0 Å². The summed E-state index contributed by atoms with van der Waals surface area (Å²) in [5.74, 6) is 8.12. The third kappa shape index (κ3) is 200. The molecule has 0 unspecified atom stereocenters. The van der Waals surface area contributed by atoms with Crippen molar-refractivity contribution in [3.8, 4) is 0 Å². The molecule has 0 atom stereocenters. The average molecular weight is 1910 g/mol. The standard InChI is InChI=1S/C19H40.C18H38.C17H36.C16H34.C15H32.C14H30.C13H28.C12H26.C11H24/c1-4-5-6-7-8-9-10-11-12-13-14-15-16-17-18-19(2)3;1-4-5-6-7-8-9-10-11-12-13-14-15-16-17-18(2)3;1-4-5-6-7-8-9-10-11-12-13-14-15-16-17(2)3;1-4-5-6-7-8-9-10-11-12-13-14-15-16(2)3;1-4-5-6-7-8-9-10-11-12-13-14-15(2)3;1-4-5-6-7-8-9-10-11-12-13-14(2)3;1-4-5-6-7-8-9-10-11-12-13(2)3;1-4-5-6-7-8-9-10-11-12(2)3;1-4-5-6-7-8-9-10-11(2)3/h19H,4-18H2,1-3H3;18H,4-17H2,1-3H3;17H,4-16H2,1-3H3;16H,4-15H2,1-3H3;15H,4-14H2,1-3H3;14H,4-13H2,1-3H3;13H,4-12H2,1-3H3;12H,4-11H2,1-3H3;11H,4-10H2,1-3H3. The largest absolute Gasteiger partial charge is 0.0654 e. The first-order valence-electron chi connectivity index (χ1n) is 65.4. The lowest BCUT2D eigenvalue weighted by atomic mass is 10.0. The minimum absolute atomic E-state index is 0.900. The lowest BCUT2D eigenvalue weighted by Gasteiger charge is -2.04. The molecule has 0 fully saturated rings. The Morgan fingerprint density at radius 2 is 0.111 bits per heavy atom. The summed E-state index contributed by atoms with van der Waals surface area (Å²) in [5.41, 5.74) is 0. The summed E-state index contributed by atoms with van der Waals surface area (Å²) >= 11 is 0. The Kier molecular flexibility index (Phi) is 169. The van der Waals surface area contributed by atoms with Crippen molar-refractivity contribution in [2.75, 3.05) is 0 Å². The van der Waals surface area contributed by atoms with Crippen molar-refractivity contribution in [3.63, 3.8) is 0 Å². The molecular formula is C135H288. The minimum atomic E-state index is 0.900. The van der Waals surface area contributed by atoms with Gasteiger partial charge in [-0.05, 0) is 53.3 Å². The summed E-state index contributed by atoms with van der Waals surface area (Å²) in [6.07, 6.45) is 144. The Bertz CT molecular complexity index is 1740. The lowest BCUT2D eigenvalue weighted by Crippen LogP contribution is -1.87. The van der Waals surface area contributed by atoms with Gasteiger partial charge in [0.05, 0.1) is 0 Å². The van der Waals surface area contributed by atoms with Crippen molar-refractivity contribution in [2.24, 2.45) is 53.3 Å². The highest BCUT2D eigenvalue weighted by atomic mass is 14.1. The molecule has 0 saturated carbocycles. The normalized spacial score (nSPS) is 11.2. The molecule has 135 heavy (non-hydrogen) atoms. The molecular weight excluding hydrogens is 1620 g/mol. The van der Waals surface area contributed by atoms with Gasteiger partial charge in [-0.3, -0.25) is 0 Å². The van der Waals surface area contributed by atoms with E-state index >= 15 is 0 Å². The fourth-order valence-corrected chi connectivity index (χ4v) is 18.4. The van der Waals surface area contributed by atoms with Crippen LogP contribution in [-0.4, -0.2) is 0 Å². The first-order chi connectivity index (χ1) is 65.4. The smallest absolute Gasteiger partial charge is 0.0471 e. The zero-order chi connectivity index (χ0) is 102. The van der Waals surface area contributed by atoms with E-state index in [1.807, 2.05) is 0 Å². The Labute approximate surface area is 870 Å². The molecule has 0 aromatic heterocycles. The third-order valence-electron chi connectivity index (χ3n) is 28.2. The van der Waals surface area contributed by atoms with Crippen LogP contribution in [-0.2, 0) is 0 Å². The van der Waals surface area contributed by atoms with Crippen molar-refractivity contribution in [1.29, 1.82) is 0 Å².